The van der Waals surface area contributed by atoms with E-state index in [2.05, 4.69) is 0 Å². The van der Waals surface area contributed by atoms with Gasteiger partial charge in [-0.25, -0.2) is 0 Å². The van der Waals surface area contributed by atoms with Crippen LogP contribution < -0.4 is 15.2 Å². The molecule has 1 aromatic carbocycles. The third-order valence-electron chi connectivity index (χ3n) is 3.72. The number of rotatable bonds is 2. The Morgan fingerprint density at radius 1 is 1.10 bits per heavy atom. The van der Waals surface area contributed by atoms with Crippen LogP contribution in [0.25, 0.3) is 0 Å². The van der Waals surface area contributed by atoms with Gasteiger partial charge in [0.2, 0.25) is 0 Å². The molecule has 110 valence electrons. The lowest BCUT2D eigenvalue weighted by atomic mass is 9.91. The average Bonchev–Trinajstić information content (AvgIpc) is 2.93. The molecular formula is C14H16F3NO2. The minimum Gasteiger partial charge on any atom is -0.493 e. The summed E-state index contributed by atoms with van der Waals surface area (Å²) in [7, 11) is 0. The summed E-state index contributed by atoms with van der Waals surface area (Å²) >= 11 is 0. The Morgan fingerprint density at radius 2 is 1.70 bits per heavy atom. The Balaban J connectivity index is 2.26. The Hall–Kier alpha value is -1.43. The minimum atomic E-state index is -4.42. The fraction of sp³-hybridized carbons (Fsp3) is 0.571. The first-order chi connectivity index (χ1) is 9.39. The third kappa shape index (κ3) is 2.02. The Bertz CT molecular complexity index is 517. The van der Waals surface area contributed by atoms with E-state index in [4.69, 9.17) is 15.2 Å². The molecule has 0 saturated heterocycles. The van der Waals surface area contributed by atoms with Crippen molar-refractivity contribution in [2.45, 2.75) is 38.4 Å². The van der Waals surface area contributed by atoms with Crippen molar-refractivity contribution in [1.29, 1.82) is 0 Å². The molecule has 0 amide bonds. The summed E-state index contributed by atoms with van der Waals surface area (Å²) in [5, 5.41) is 0. The molecular weight excluding hydrogens is 271 g/mol. The quantitative estimate of drug-likeness (QED) is 0.908. The van der Waals surface area contributed by atoms with Crippen LogP contribution in [0.2, 0.25) is 0 Å². The lowest BCUT2D eigenvalue weighted by molar-refractivity contribution is -0.139. The summed E-state index contributed by atoms with van der Waals surface area (Å²) in [5.41, 5.74) is 6.82. The van der Waals surface area contributed by atoms with Gasteiger partial charge < -0.3 is 15.2 Å². The second-order valence-corrected chi connectivity index (χ2v) is 5.34. The molecule has 3 nitrogen and oxygen atoms in total. The number of nitrogens with two attached hydrogens (primary N) is 1. The van der Waals surface area contributed by atoms with E-state index in [-0.39, 0.29) is 37.0 Å². The van der Waals surface area contributed by atoms with Crippen LogP contribution in [-0.2, 0) is 25.4 Å². The molecule has 1 atom stereocenters. The van der Waals surface area contributed by atoms with Gasteiger partial charge in [0.1, 0.15) is 17.1 Å². The van der Waals surface area contributed by atoms with Crippen molar-refractivity contribution in [3.8, 4) is 11.5 Å². The van der Waals surface area contributed by atoms with Crippen molar-refractivity contribution in [2.75, 3.05) is 13.2 Å². The van der Waals surface area contributed by atoms with E-state index in [0.29, 0.717) is 24.2 Å². The van der Waals surface area contributed by atoms with Crippen LogP contribution in [-0.4, -0.2) is 19.3 Å². The summed E-state index contributed by atoms with van der Waals surface area (Å²) in [5.74, 6) is 0.385. The van der Waals surface area contributed by atoms with Crippen LogP contribution in [0.4, 0.5) is 13.2 Å². The highest BCUT2D eigenvalue weighted by molar-refractivity contribution is 5.63. The van der Waals surface area contributed by atoms with Crippen LogP contribution in [0.15, 0.2) is 0 Å². The first-order valence-corrected chi connectivity index (χ1v) is 6.68. The van der Waals surface area contributed by atoms with Crippen LogP contribution in [0.5, 0.6) is 11.5 Å². The highest BCUT2D eigenvalue weighted by atomic mass is 19.4. The number of halogens is 3. The Labute approximate surface area is 114 Å². The van der Waals surface area contributed by atoms with Gasteiger partial charge in [0.25, 0.3) is 0 Å². The largest absolute Gasteiger partial charge is 0.493 e. The van der Waals surface area contributed by atoms with Gasteiger partial charge in [-0.15, -0.1) is 0 Å². The van der Waals surface area contributed by atoms with Crippen LogP contribution in [0.3, 0.4) is 0 Å². The van der Waals surface area contributed by atoms with E-state index in [1.54, 1.807) is 0 Å². The van der Waals surface area contributed by atoms with Gasteiger partial charge >= 0.3 is 6.18 Å². The van der Waals surface area contributed by atoms with Crippen molar-refractivity contribution in [1.82, 2.24) is 0 Å². The van der Waals surface area contributed by atoms with Crippen molar-refractivity contribution >= 4 is 0 Å². The molecule has 0 bridgehead atoms. The molecule has 0 aromatic heterocycles. The maximum absolute atomic E-state index is 13.3. The number of benzene rings is 1. The van der Waals surface area contributed by atoms with E-state index >= 15 is 0 Å². The molecule has 0 fully saturated rings. The molecule has 3 rings (SSSR count). The smallest absolute Gasteiger partial charge is 0.420 e. The molecule has 20 heavy (non-hydrogen) atoms. The molecule has 1 aromatic rings. The van der Waals surface area contributed by atoms with Crippen molar-refractivity contribution in [3.05, 3.63) is 22.3 Å². The Kier molecular flexibility index (Phi) is 3.08. The molecule has 2 aliphatic heterocycles. The molecule has 0 saturated carbocycles. The van der Waals surface area contributed by atoms with Crippen molar-refractivity contribution in [3.63, 3.8) is 0 Å². The standard InChI is InChI=1S/C14H16F3NO2/c1-7(18)6-10-8-2-4-20-13(8)11(14(15,16)17)9-3-5-19-12(9)10/h7H,2-6,18H2,1H3/t7-/m0/s1. The fourth-order valence-electron chi connectivity index (χ4n) is 3.04. The molecule has 0 spiro atoms. The molecule has 2 aliphatic rings. The SMILES string of the molecule is C[C@H](N)Cc1c2c(c(C(F)(F)F)c3c1OCC3)OCC2. The molecule has 0 aliphatic carbocycles. The lowest BCUT2D eigenvalue weighted by Crippen LogP contribution is -2.20. The summed E-state index contributed by atoms with van der Waals surface area (Å²) in [6.45, 7) is 2.40. The van der Waals surface area contributed by atoms with E-state index in [9.17, 15) is 13.2 Å². The van der Waals surface area contributed by atoms with E-state index in [0.717, 1.165) is 5.56 Å². The zero-order chi connectivity index (χ0) is 14.5. The third-order valence-corrected chi connectivity index (χ3v) is 3.72. The summed E-state index contributed by atoms with van der Waals surface area (Å²) < 4.78 is 50.8. The number of alkyl halides is 3. The first kappa shape index (κ1) is 13.5. The molecule has 2 heterocycles. The van der Waals surface area contributed by atoms with E-state index < -0.39 is 11.7 Å². The number of hydrogen-bond donors (Lipinski definition) is 1. The highest BCUT2D eigenvalue weighted by Crippen LogP contribution is 2.50. The monoisotopic (exact) mass is 287 g/mol. The number of ether oxygens (including phenoxy) is 2. The summed E-state index contributed by atoms with van der Waals surface area (Å²) in [6.07, 6.45) is -3.16. The number of fused-ring (bicyclic) bond motifs is 2. The van der Waals surface area contributed by atoms with Crippen LogP contribution in [0.1, 0.15) is 29.2 Å². The molecule has 0 radical (unpaired) electrons. The van der Waals surface area contributed by atoms with Gasteiger partial charge in [-0.05, 0) is 13.3 Å². The van der Waals surface area contributed by atoms with Gasteiger partial charge in [-0.1, -0.05) is 0 Å². The van der Waals surface area contributed by atoms with Crippen molar-refractivity contribution < 1.29 is 22.6 Å². The van der Waals surface area contributed by atoms with E-state index in [1.165, 1.54) is 0 Å². The minimum absolute atomic E-state index is 0.00241. The van der Waals surface area contributed by atoms with Crippen LogP contribution in [0, 0.1) is 0 Å². The molecule has 0 unspecified atom stereocenters. The zero-order valence-electron chi connectivity index (χ0n) is 11.1. The van der Waals surface area contributed by atoms with Gasteiger partial charge in [0, 0.05) is 35.6 Å². The second kappa shape index (κ2) is 4.55. The summed E-state index contributed by atoms with van der Waals surface area (Å²) in [4.78, 5) is 0. The predicted octanol–water partition coefficient (Wildman–Crippen LogP) is 2.46. The topological polar surface area (TPSA) is 44.5 Å². The number of hydrogen-bond acceptors (Lipinski definition) is 3. The van der Waals surface area contributed by atoms with Crippen LogP contribution >= 0.6 is 0 Å². The average molecular weight is 287 g/mol. The van der Waals surface area contributed by atoms with Gasteiger partial charge in [0.15, 0.2) is 0 Å². The normalized spacial score (nSPS) is 18.2. The maximum atomic E-state index is 13.3. The highest BCUT2D eigenvalue weighted by Gasteiger charge is 2.43. The maximum Gasteiger partial charge on any atom is 0.420 e. The van der Waals surface area contributed by atoms with Gasteiger partial charge in [-0.3, -0.25) is 0 Å². The summed E-state index contributed by atoms with van der Waals surface area (Å²) in [6, 6.07) is -0.135. The van der Waals surface area contributed by atoms with Gasteiger partial charge in [-0.2, -0.15) is 13.2 Å². The Morgan fingerprint density at radius 3 is 2.30 bits per heavy atom. The zero-order valence-corrected chi connectivity index (χ0v) is 11.1. The fourth-order valence-corrected chi connectivity index (χ4v) is 3.04. The molecule has 6 heteroatoms. The molecule has 2 N–H and O–H groups in total. The van der Waals surface area contributed by atoms with E-state index in [1.807, 2.05) is 6.92 Å². The first-order valence-electron chi connectivity index (χ1n) is 6.68. The van der Waals surface area contributed by atoms with Gasteiger partial charge in [0.05, 0.1) is 13.2 Å². The predicted molar refractivity (Wildman–Crippen MR) is 67.2 cm³/mol. The van der Waals surface area contributed by atoms with Crippen molar-refractivity contribution in [2.24, 2.45) is 5.73 Å². The second-order valence-electron chi connectivity index (χ2n) is 5.34. The lowest BCUT2D eigenvalue weighted by Gasteiger charge is -2.20.